The normalized spacial score (nSPS) is 13.2. The maximum Gasteiger partial charge on any atom is 0.323 e. The van der Waals surface area contributed by atoms with Crippen molar-refractivity contribution < 1.29 is 19.1 Å². The van der Waals surface area contributed by atoms with Crippen LogP contribution in [0.15, 0.2) is 66.7 Å². The maximum absolute atomic E-state index is 13.2. The number of para-hydroxylation sites is 2. The topological polar surface area (TPSA) is 95.2 Å². The highest BCUT2D eigenvalue weighted by Gasteiger charge is 2.24. The lowest BCUT2D eigenvalue weighted by atomic mass is 10.1. The number of amides is 3. The molecular weight excluding hydrogens is 482 g/mol. The van der Waals surface area contributed by atoms with E-state index in [4.69, 9.17) is 9.47 Å². The van der Waals surface area contributed by atoms with Crippen molar-refractivity contribution >= 4 is 34.7 Å². The van der Waals surface area contributed by atoms with Crippen LogP contribution in [0.3, 0.4) is 0 Å². The number of hydrogen-bond donors (Lipinski definition) is 3. The van der Waals surface area contributed by atoms with E-state index in [-0.39, 0.29) is 11.9 Å². The van der Waals surface area contributed by atoms with Gasteiger partial charge < -0.3 is 35.2 Å². The summed E-state index contributed by atoms with van der Waals surface area (Å²) in [6.07, 6.45) is 0. The summed E-state index contributed by atoms with van der Waals surface area (Å²) in [5.74, 6) is 1.31. The summed E-state index contributed by atoms with van der Waals surface area (Å²) in [4.78, 5) is 30.3. The Hall–Kier alpha value is -4.40. The van der Waals surface area contributed by atoms with Gasteiger partial charge in [-0.25, -0.2) is 4.79 Å². The molecule has 1 saturated heterocycles. The highest BCUT2D eigenvalue weighted by atomic mass is 16.5. The van der Waals surface area contributed by atoms with Crippen molar-refractivity contribution in [2.75, 3.05) is 60.8 Å². The van der Waals surface area contributed by atoms with Crippen molar-refractivity contribution in [1.82, 2.24) is 5.32 Å². The maximum atomic E-state index is 13.2. The number of ether oxygens (including phenoxy) is 2. The molecule has 0 aliphatic carbocycles. The fraction of sp³-hybridized carbons (Fsp3) is 0.310. The summed E-state index contributed by atoms with van der Waals surface area (Å²) in [5.41, 5.74) is 3.54. The first-order valence-electron chi connectivity index (χ1n) is 12.7. The number of benzene rings is 3. The first-order chi connectivity index (χ1) is 18.4. The van der Waals surface area contributed by atoms with E-state index >= 15 is 0 Å². The monoisotopic (exact) mass is 517 g/mol. The van der Waals surface area contributed by atoms with Crippen molar-refractivity contribution in [2.24, 2.45) is 0 Å². The molecule has 0 spiro atoms. The fourth-order valence-corrected chi connectivity index (χ4v) is 4.48. The van der Waals surface area contributed by atoms with Crippen LogP contribution >= 0.6 is 0 Å². The summed E-state index contributed by atoms with van der Waals surface area (Å²) < 4.78 is 10.7. The van der Waals surface area contributed by atoms with E-state index in [9.17, 15) is 9.59 Å². The Bertz CT molecular complexity index is 1270. The van der Waals surface area contributed by atoms with Crippen molar-refractivity contribution in [3.8, 4) is 11.5 Å². The molecule has 1 aliphatic rings. The molecule has 9 heteroatoms. The third kappa shape index (κ3) is 6.47. The van der Waals surface area contributed by atoms with Crippen LogP contribution in [0.1, 0.15) is 24.2 Å². The number of nitrogens with one attached hydrogen (secondary N) is 3. The zero-order valence-corrected chi connectivity index (χ0v) is 22.3. The average Bonchev–Trinajstić information content (AvgIpc) is 2.92. The number of rotatable bonds is 8. The smallest absolute Gasteiger partial charge is 0.323 e. The Morgan fingerprint density at radius 2 is 1.42 bits per heavy atom. The summed E-state index contributed by atoms with van der Waals surface area (Å²) in [7, 11) is 3.25. The van der Waals surface area contributed by atoms with Crippen molar-refractivity contribution in [3.05, 3.63) is 72.3 Å². The van der Waals surface area contributed by atoms with Crippen LogP contribution in [-0.4, -0.2) is 58.4 Å². The van der Waals surface area contributed by atoms with Gasteiger partial charge in [0.15, 0.2) is 0 Å². The molecule has 0 atom stereocenters. The molecule has 0 radical (unpaired) electrons. The molecule has 200 valence electrons. The molecular formula is C29H35N5O4. The first-order valence-corrected chi connectivity index (χ1v) is 12.7. The summed E-state index contributed by atoms with van der Waals surface area (Å²) >= 11 is 0. The van der Waals surface area contributed by atoms with Gasteiger partial charge in [0.1, 0.15) is 11.5 Å². The van der Waals surface area contributed by atoms with Gasteiger partial charge in [0.05, 0.1) is 25.5 Å². The molecule has 0 bridgehead atoms. The van der Waals surface area contributed by atoms with Crippen molar-refractivity contribution in [1.29, 1.82) is 0 Å². The number of urea groups is 1. The molecule has 0 unspecified atom stereocenters. The van der Waals surface area contributed by atoms with Gasteiger partial charge in [-0.05, 0) is 56.3 Å². The quantitative estimate of drug-likeness (QED) is 0.397. The van der Waals surface area contributed by atoms with E-state index in [2.05, 4.69) is 31.8 Å². The minimum Gasteiger partial charge on any atom is -0.497 e. The van der Waals surface area contributed by atoms with Crippen molar-refractivity contribution in [3.63, 3.8) is 0 Å². The van der Waals surface area contributed by atoms with Gasteiger partial charge in [-0.2, -0.15) is 0 Å². The number of hydrogen-bond acceptors (Lipinski definition) is 6. The molecule has 0 saturated carbocycles. The van der Waals surface area contributed by atoms with Crippen LogP contribution in [0.4, 0.5) is 27.5 Å². The average molecular weight is 518 g/mol. The van der Waals surface area contributed by atoms with Crippen LogP contribution in [0.2, 0.25) is 0 Å². The molecule has 3 aromatic rings. The SMILES string of the molecule is COc1cccc(NC(=O)Nc2ccc(N3CCN(c4ccccc4OC)CC3)c(C(=O)NC(C)C)c2)c1. The third-order valence-electron chi connectivity index (χ3n) is 6.29. The predicted octanol–water partition coefficient (Wildman–Crippen LogP) is 4.81. The third-order valence-corrected chi connectivity index (χ3v) is 6.29. The number of piperazine rings is 1. The molecule has 3 N–H and O–H groups in total. The Morgan fingerprint density at radius 3 is 2.08 bits per heavy atom. The predicted molar refractivity (Wildman–Crippen MR) is 152 cm³/mol. The summed E-state index contributed by atoms with van der Waals surface area (Å²) in [5, 5.41) is 8.62. The molecule has 1 fully saturated rings. The van der Waals surface area contributed by atoms with Gasteiger partial charge in [-0.15, -0.1) is 0 Å². The van der Waals surface area contributed by atoms with Crippen LogP contribution in [0, 0.1) is 0 Å². The van der Waals surface area contributed by atoms with Gasteiger partial charge in [0, 0.05) is 55.3 Å². The molecule has 3 amide bonds. The minimum atomic E-state index is -0.411. The van der Waals surface area contributed by atoms with Crippen LogP contribution in [-0.2, 0) is 0 Å². The van der Waals surface area contributed by atoms with Gasteiger partial charge in [0.2, 0.25) is 0 Å². The Balaban J connectivity index is 1.50. The molecule has 38 heavy (non-hydrogen) atoms. The number of carbonyl (C=O) groups excluding carboxylic acids is 2. The second-order valence-electron chi connectivity index (χ2n) is 9.32. The second kappa shape index (κ2) is 12.2. The summed E-state index contributed by atoms with van der Waals surface area (Å²) in [6, 6.07) is 20.1. The van der Waals surface area contributed by atoms with E-state index < -0.39 is 6.03 Å². The number of nitrogens with zero attached hydrogens (tertiary/aromatic N) is 2. The standard InChI is InChI=1S/C29H35N5O4/c1-20(2)30-28(35)24-19-22(32-29(36)31-21-8-7-9-23(18-21)37-3)12-13-25(24)33-14-16-34(17-15-33)26-10-5-6-11-27(26)38-4/h5-13,18-20H,14-17H2,1-4H3,(H,30,35)(H2,31,32,36). The molecule has 1 aliphatic heterocycles. The number of carbonyl (C=O) groups is 2. The van der Waals surface area contributed by atoms with E-state index in [0.29, 0.717) is 22.7 Å². The van der Waals surface area contributed by atoms with E-state index in [1.807, 2.05) is 44.2 Å². The Morgan fingerprint density at radius 1 is 0.763 bits per heavy atom. The van der Waals surface area contributed by atoms with Gasteiger partial charge in [-0.1, -0.05) is 18.2 Å². The van der Waals surface area contributed by atoms with Crippen LogP contribution in [0.5, 0.6) is 11.5 Å². The molecule has 0 aromatic heterocycles. The molecule has 3 aromatic carbocycles. The van der Waals surface area contributed by atoms with Gasteiger partial charge in [-0.3, -0.25) is 4.79 Å². The van der Waals surface area contributed by atoms with E-state index in [1.54, 1.807) is 44.6 Å². The number of methoxy groups -OCH3 is 2. The zero-order valence-electron chi connectivity index (χ0n) is 22.3. The lowest BCUT2D eigenvalue weighted by molar-refractivity contribution is 0.0943. The lowest BCUT2D eigenvalue weighted by Crippen LogP contribution is -2.47. The van der Waals surface area contributed by atoms with Gasteiger partial charge in [0.25, 0.3) is 5.91 Å². The lowest BCUT2D eigenvalue weighted by Gasteiger charge is -2.38. The molecule has 9 nitrogen and oxygen atoms in total. The van der Waals surface area contributed by atoms with E-state index in [1.165, 1.54) is 0 Å². The number of anilines is 4. The van der Waals surface area contributed by atoms with Crippen molar-refractivity contribution in [2.45, 2.75) is 19.9 Å². The second-order valence-corrected chi connectivity index (χ2v) is 9.32. The van der Waals surface area contributed by atoms with Crippen LogP contribution < -0.4 is 35.2 Å². The minimum absolute atomic E-state index is 0.0225. The zero-order chi connectivity index (χ0) is 27.1. The highest BCUT2D eigenvalue weighted by molar-refractivity contribution is 6.04. The van der Waals surface area contributed by atoms with E-state index in [0.717, 1.165) is 43.3 Å². The largest absolute Gasteiger partial charge is 0.497 e. The summed E-state index contributed by atoms with van der Waals surface area (Å²) in [6.45, 7) is 6.90. The fourth-order valence-electron chi connectivity index (χ4n) is 4.48. The molecule has 4 rings (SSSR count). The Labute approximate surface area is 223 Å². The molecule has 1 heterocycles. The van der Waals surface area contributed by atoms with Crippen LogP contribution in [0.25, 0.3) is 0 Å². The first kappa shape index (κ1) is 26.7. The highest BCUT2D eigenvalue weighted by Crippen LogP contribution is 2.31. The van der Waals surface area contributed by atoms with Gasteiger partial charge >= 0.3 is 6.03 Å². The Kier molecular flexibility index (Phi) is 8.58.